The first-order valence-corrected chi connectivity index (χ1v) is 5.27. The maximum absolute atomic E-state index is 12.9. The third-order valence-corrected chi connectivity index (χ3v) is 2.35. The summed E-state index contributed by atoms with van der Waals surface area (Å²) in [7, 11) is 0. The Morgan fingerprint density at radius 3 is 2.56 bits per heavy atom. The number of nitrogens with zero attached hydrogens (tertiary/aromatic N) is 1. The number of nitrogens with two attached hydrogens (primary N) is 1. The predicted molar refractivity (Wildman–Crippen MR) is 62.6 cm³/mol. The molecule has 0 spiro atoms. The standard InChI is InChI=1S/C11H14FN3O3/c1-5(2)8(9(13)16)15-10-7(11(17)18)3-6(12)4-14-10/h3-5,8H,1-2H3,(H2,13,16)(H,14,15)(H,17,18). The predicted octanol–water partition coefficient (Wildman–Crippen LogP) is 0.841. The van der Waals surface area contributed by atoms with Crippen molar-refractivity contribution >= 4 is 17.7 Å². The van der Waals surface area contributed by atoms with Crippen LogP contribution in [0.1, 0.15) is 24.2 Å². The van der Waals surface area contributed by atoms with Gasteiger partial charge in [0.1, 0.15) is 23.2 Å². The fourth-order valence-corrected chi connectivity index (χ4v) is 1.43. The van der Waals surface area contributed by atoms with Crippen LogP contribution in [0.3, 0.4) is 0 Å². The van der Waals surface area contributed by atoms with Crippen molar-refractivity contribution < 1.29 is 19.1 Å². The molecule has 1 unspecified atom stereocenters. The molecule has 1 aromatic rings. The number of carboxylic acid groups (broad SMARTS) is 1. The maximum Gasteiger partial charge on any atom is 0.339 e. The second-order valence-corrected chi connectivity index (χ2v) is 4.12. The molecule has 0 saturated carbocycles. The van der Waals surface area contributed by atoms with Crippen molar-refractivity contribution in [2.75, 3.05) is 5.32 Å². The molecule has 0 aliphatic carbocycles. The summed E-state index contributed by atoms with van der Waals surface area (Å²) in [5, 5.41) is 11.5. The summed E-state index contributed by atoms with van der Waals surface area (Å²) in [4.78, 5) is 25.8. The number of pyridine rings is 1. The first-order valence-electron chi connectivity index (χ1n) is 5.27. The van der Waals surface area contributed by atoms with Gasteiger partial charge in [-0.2, -0.15) is 0 Å². The zero-order valence-corrected chi connectivity index (χ0v) is 9.98. The number of aromatic carboxylic acids is 1. The SMILES string of the molecule is CC(C)C(Nc1ncc(F)cc1C(=O)O)C(N)=O. The zero-order chi connectivity index (χ0) is 13.9. The van der Waals surface area contributed by atoms with E-state index in [9.17, 15) is 14.0 Å². The van der Waals surface area contributed by atoms with Crippen LogP contribution in [0.2, 0.25) is 0 Å². The van der Waals surface area contributed by atoms with Gasteiger partial charge in [-0.15, -0.1) is 0 Å². The second kappa shape index (κ2) is 5.44. The van der Waals surface area contributed by atoms with Gasteiger partial charge in [-0.1, -0.05) is 13.8 Å². The first kappa shape index (κ1) is 13.9. The van der Waals surface area contributed by atoms with Crippen molar-refractivity contribution in [1.82, 2.24) is 4.98 Å². The summed E-state index contributed by atoms with van der Waals surface area (Å²) >= 11 is 0. The van der Waals surface area contributed by atoms with Crippen LogP contribution < -0.4 is 11.1 Å². The van der Waals surface area contributed by atoms with Crippen LogP contribution in [-0.4, -0.2) is 28.0 Å². The van der Waals surface area contributed by atoms with E-state index in [0.29, 0.717) is 0 Å². The van der Waals surface area contributed by atoms with E-state index in [1.54, 1.807) is 13.8 Å². The quantitative estimate of drug-likeness (QED) is 0.723. The summed E-state index contributed by atoms with van der Waals surface area (Å²) in [5.41, 5.74) is 4.85. The van der Waals surface area contributed by atoms with Crippen molar-refractivity contribution in [1.29, 1.82) is 0 Å². The monoisotopic (exact) mass is 255 g/mol. The van der Waals surface area contributed by atoms with Crippen molar-refractivity contribution in [2.24, 2.45) is 11.7 Å². The molecule has 0 saturated heterocycles. The molecule has 18 heavy (non-hydrogen) atoms. The lowest BCUT2D eigenvalue weighted by molar-refractivity contribution is -0.119. The fraction of sp³-hybridized carbons (Fsp3) is 0.364. The molecule has 7 heteroatoms. The number of aromatic nitrogens is 1. The number of carbonyl (C=O) groups is 2. The normalized spacial score (nSPS) is 12.2. The third kappa shape index (κ3) is 3.16. The number of anilines is 1. The molecule has 0 bridgehead atoms. The number of amides is 1. The number of rotatable bonds is 5. The Labute approximate surface area is 103 Å². The molecule has 0 aliphatic rings. The Hall–Kier alpha value is -2.18. The number of carboxylic acids is 1. The largest absolute Gasteiger partial charge is 0.478 e. The van der Waals surface area contributed by atoms with Crippen molar-refractivity contribution in [3.05, 3.63) is 23.6 Å². The molecule has 1 atom stereocenters. The lowest BCUT2D eigenvalue weighted by atomic mass is 10.0. The van der Waals surface area contributed by atoms with Gasteiger partial charge in [0.05, 0.1) is 6.20 Å². The minimum Gasteiger partial charge on any atom is -0.478 e. The van der Waals surface area contributed by atoms with Crippen molar-refractivity contribution in [3.63, 3.8) is 0 Å². The van der Waals surface area contributed by atoms with Gasteiger partial charge in [0.2, 0.25) is 5.91 Å². The minimum atomic E-state index is -1.34. The van der Waals surface area contributed by atoms with Crippen LogP contribution in [0.4, 0.5) is 10.2 Å². The number of hydrogen-bond acceptors (Lipinski definition) is 4. The molecule has 1 aromatic heterocycles. The van der Waals surface area contributed by atoms with Crippen LogP contribution in [0.5, 0.6) is 0 Å². The summed E-state index contributed by atoms with van der Waals surface area (Å²) in [6.45, 7) is 3.48. The highest BCUT2D eigenvalue weighted by molar-refractivity contribution is 5.94. The Bertz CT molecular complexity index is 477. The van der Waals surface area contributed by atoms with Gasteiger partial charge in [-0.25, -0.2) is 14.2 Å². The minimum absolute atomic E-state index is 0.0820. The smallest absolute Gasteiger partial charge is 0.339 e. The Morgan fingerprint density at radius 2 is 2.11 bits per heavy atom. The van der Waals surface area contributed by atoms with Gasteiger partial charge >= 0.3 is 5.97 Å². The van der Waals surface area contributed by atoms with Crippen LogP contribution in [0, 0.1) is 11.7 Å². The fourth-order valence-electron chi connectivity index (χ4n) is 1.43. The highest BCUT2D eigenvalue weighted by Crippen LogP contribution is 2.17. The Morgan fingerprint density at radius 1 is 1.50 bits per heavy atom. The molecule has 1 rings (SSSR count). The van der Waals surface area contributed by atoms with E-state index in [0.717, 1.165) is 12.3 Å². The first-order chi connectivity index (χ1) is 8.32. The summed E-state index contributed by atoms with van der Waals surface area (Å²) in [5.74, 6) is -2.97. The molecule has 0 radical (unpaired) electrons. The van der Waals surface area contributed by atoms with E-state index < -0.39 is 23.7 Å². The Balaban J connectivity index is 3.10. The molecule has 6 nitrogen and oxygen atoms in total. The van der Waals surface area contributed by atoms with Gasteiger partial charge in [0.15, 0.2) is 0 Å². The number of primary amides is 1. The molecule has 0 aromatic carbocycles. The van der Waals surface area contributed by atoms with Gasteiger partial charge in [0.25, 0.3) is 0 Å². The second-order valence-electron chi connectivity index (χ2n) is 4.12. The highest BCUT2D eigenvalue weighted by atomic mass is 19.1. The molecule has 1 amide bonds. The van der Waals surface area contributed by atoms with Crippen LogP contribution in [0.25, 0.3) is 0 Å². The molecule has 0 fully saturated rings. The van der Waals surface area contributed by atoms with Crippen LogP contribution >= 0.6 is 0 Å². The molecule has 1 heterocycles. The van der Waals surface area contributed by atoms with Gasteiger partial charge in [0, 0.05) is 0 Å². The van der Waals surface area contributed by atoms with E-state index in [4.69, 9.17) is 10.8 Å². The van der Waals surface area contributed by atoms with E-state index in [1.807, 2.05) is 0 Å². The zero-order valence-electron chi connectivity index (χ0n) is 9.98. The van der Waals surface area contributed by atoms with Gasteiger partial charge in [-0.05, 0) is 12.0 Å². The van der Waals surface area contributed by atoms with E-state index in [1.165, 1.54) is 0 Å². The lowest BCUT2D eigenvalue weighted by Gasteiger charge is -2.20. The van der Waals surface area contributed by atoms with Crippen LogP contribution in [-0.2, 0) is 4.79 Å². The van der Waals surface area contributed by atoms with E-state index in [2.05, 4.69) is 10.3 Å². The lowest BCUT2D eigenvalue weighted by Crippen LogP contribution is -2.40. The number of halogens is 1. The molecular formula is C11H14FN3O3. The maximum atomic E-state index is 12.9. The Kier molecular flexibility index (Phi) is 4.19. The third-order valence-electron chi connectivity index (χ3n) is 2.35. The molecule has 0 aliphatic heterocycles. The molecular weight excluding hydrogens is 241 g/mol. The van der Waals surface area contributed by atoms with E-state index in [-0.39, 0.29) is 17.3 Å². The van der Waals surface area contributed by atoms with E-state index >= 15 is 0 Å². The van der Waals surface area contributed by atoms with Crippen molar-refractivity contribution in [3.8, 4) is 0 Å². The van der Waals surface area contributed by atoms with Gasteiger partial charge in [-0.3, -0.25) is 4.79 Å². The van der Waals surface area contributed by atoms with Crippen molar-refractivity contribution in [2.45, 2.75) is 19.9 Å². The number of carbonyl (C=O) groups excluding carboxylic acids is 1. The van der Waals surface area contributed by atoms with Crippen LogP contribution in [0.15, 0.2) is 12.3 Å². The average Bonchev–Trinajstić information content (AvgIpc) is 2.25. The number of hydrogen-bond donors (Lipinski definition) is 3. The highest BCUT2D eigenvalue weighted by Gasteiger charge is 2.22. The molecule has 98 valence electrons. The topological polar surface area (TPSA) is 105 Å². The van der Waals surface area contributed by atoms with Gasteiger partial charge < -0.3 is 16.2 Å². The summed E-state index contributed by atoms with van der Waals surface area (Å²) < 4.78 is 12.9. The number of nitrogens with one attached hydrogen (secondary N) is 1. The summed E-state index contributed by atoms with van der Waals surface area (Å²) in [6.07, 6.45) is 0.868. The summed E-state index contributed by atoms with van der Waals surface area (Å²) in [6, 6.07) is 0.0526. The molecule has 4 N–H and O–H groups in total. The average molecular weight is 255 g/mol.